The number of aliphatic carboxylic acids is 1. The van der Waals surface area contributed by atoms with E-state index in [-0.39, 0.29) is 17.2 Å². The number of H-pyrrole nitrogens is 1. The van der Waals surface area contributed by atoms with Crippen molar-refractivity contribution in [2.24, 2.45) is 11.3 Å². The molecule has 1 unspecified atom stereocenters. The van der Waals surface area contributed by atoms with E-state index in [0.29, 0.717) is 19.5 Å². The van der Waals surface area contributed by atoms with E-state index >= 15 is 0 Å². The van der Waals surface area contributed by atoms with Crippen molar-refractivity contribution >= 4 is 22.8 Å². The van der Waals surface area contributed by atoms with Gasteiger partial charge in [0.1, 0.15) is 0 Å². The van der Waals surface area contributed by atoms with Crippen molar-refractivity contribution in [1.82, 2.24) is 9.88 Å². The lowest BCUT2D eigenvalue weighted by molar-refractivity contribution is -0.139. The minimum absolute atomic E-state index is 0.0169. The number of aromatic amines is 1. The van der Waals surface area contributed by atoms with Crippen molar-refractivity contribution in [3.8, 4) is 0 Å². The zero-order valence-corrected chi connectivity index (χ0v) is 14.5. The smallest absolute Gasteiger partial charge is 0.307 e. The zero-order valence-electron chi connectivity index (χ0n) is 14.5. The van der Waals surface area contributed by atoms with Crippen LogP contribution in [0, 0.1) is 18.3 Å². The van der Waals surface area contributed by atoms with Crippen molar-refractivity contribution in [3.63, 3.8) is 0 Å². The number of nitrogens with zero attached hydrogens (tertiary/aromatic N) is 1. The predicted octanol–water partition coefficient (Wildman–Crippen LogP) is 3.12. The molecule has 4 rings (SSSR count). The molecule has 1 aromatic heterocycles. The van der Waals surface area contributed by atoms with E-state index in [2.05, 4.69) is 30.1 Å². The topological polar surface area (TPSA) is 73.4 Å². The molecule has 1 saturated carbocycles. The summed E-state index contributed by atoms with van der Waals surface area (Å²) < 4.78 is 0. The fraction of sp³-hybridized carbons (Fsp3) is 0.500. The number of fused-ring (bicyclic) bond motifs is 1. The Balaban J connectivity index is 1.34. The Hall–Kier alpha value is -2.30. The lowest BCUT2D eigenvalue weighted by Crippen LogP contribution is -2.40. The first-order valence-electron chi connectivity index (χ1n) is 9.06. The number of carboxylic acid groups (broad SMARTS) is 1. The van der Waals surface area contributed by atoms with Gasteiger partial charge in [-0.3, -0.25) is 9.59 Å². The van der Waals surface area contributed by atoms with Gasteiger partial charge in [-0.25, -0.2) is 0 Å². The molecule has 0 radical (unpaired) electrons. The molecule has 5 heteroatoms. The summed E-state index contributed by atoms with van der Waals surface area (Å²) in [6, 6.07) is 6.23. The summed E-state index contributed by atoms with van der Waals surface area (Å²) in [5.41, 5.74) is 3.54. The molecule has 2 aromatic rings. The third-order valence-corrected chi connectivity index (χ3v) is 6.22. The summed E-state index contributed by atoms with van der Waals surface area (Å²) in [4.78, 5) is 28.9. The number of carbonyl (C=O) groups excluding carboxylic acids is 1. The number of likely N-dealkylation sites (tertiary alicyclic amines) is 1. The lowest BCUT2D eigenvalue weighted by Gasteiger charge is -2.32. The molecule has 0 bridgehead atoms. The Kier molecular flexibility index (Phi) is 3.82. The zero-order chi connectivity index (χ0) is 17.6. The monoisotopic (exact) mass is 340 g/mol. The number of carboxylic acids is 1. The van der Waals surface area contributed by atoms with Crippen LogP contribution in [0.15, 0.2) is 24.4 Å². The summed E-state index contributed by atoms with van der Waals surface area (Å²) in [7, 11) is 0. The molecule has 1 aliphatic heterocycles. The molecule has 1 saturated heterocycles. The number of carbonyl (C=O) groups is 2. The fourth-order valence-corrected chi connectivity index (χ4v) is 4.42. The maximum absolute atomic E-state index is 12.5. The van der Waals surface area contributed by atoms with Gasteiger partial charge in [-0.05, 0) is 49.1 Å². The Morgan fingerprint density at radius 3 is 2.76 bits per heavy atom. The third-order valence-electron chi connectivity index (χ3n) is 6.22. The average molecular weight is 340 g/mol. The van der Waals surface area contributed by atoms with Crippen molar-refractivity contribution in [1.29, 1.82) is 0 Å². The van der Waals surface area contributed by atoms with Crippen LogP contribution < -0.4 is 0 Å². The molecular formula is C20H24N2O3. The van der Waals surface area contributed by atoms with Crippen molar-refractivity contribution in [2.75, 3.05) is 13.1 Å². The molecular weight excluding hydrogens is 316 g/mol. The van der Waals surface area contributed by atoms with Crippen LogP contribution in [-0.4, -0.2) is 40.0 Å². The van der Waals surface area contributed by atoms with E-state index in [9.17, 15) is 9.59 Å². The van der Waals surface area contributed by atoms with Gasteiger partial charge in [-0.2, -0.15) is 0 Å². The standard InChI is InChI=1S/C20H24N2O3/c1-13-3-2-4-15-14(12-21-18(13)15)5-6-17(23)22-9-7-20(8-10-22)11-16(20)19(24)25/h2-4,12,16,21H,5-11H2,1H3,(H,24,25). The van der Waals surface area contributed by atoms with E-state index < -0.39 is 5.97 Å². The molecule has 1 spiro atoms. The summed E-state index contributed by atoms with van der Waals surface area (Å²) >= 11 is 0. The number of nitrogens with one attached hydrogen (secondary N) is 1. The van der Waals surface area contributed by atoms with Gasteiger partial charge in [0.25, 0.3) is 0 Å². The van der Waals surface area contributed by atoms with Crippen LogP contribution in [0.4, 0.5) is 0 Å². The Labute approximate surface area is 147 Å². The molecule has 2 N–H and O–H groups in total. The summed E-state index contributed by atoms with van der Waals surface area (Å²) in [6.07, 6.45) is 5.72. The van der Waals surface area contributed by atoms with Crippen molar-refractivity contribution in [3.05, 3.63) is 35.5 Å². The average Bonchev–Trinajstić information content (AvgIpc) is 3.13. The Morgan fingerprint density at radius 2 is 2.08 bits per heavy atom. The molecule has 1 atom stereocenters. The van der Waals surface area contributed by atoms with E-state index in [4.69, 9.17) is 5.11 Å². The molecule has 2 fully saturated rings. The fourth-order valence-electron chi connectivity index (χ4n) is 4.42. The van der Waals surface area contributed by atoms with Crippen LogP contribution in [0.5, 0.6) is 0 Å². The first kappa shape index (κ1) is 16.2. The van der Waals surface area contributed by atoms with Crippen LogP contribution in [0.2, 0.25) is 0 Å². The molecule has 5 nitrogen and oxygen atoms in total. The number of hydrogen-bond donors (Lipinski definition) is 2. The first-order valence-corrected chi connectivity index (χ1v) is 9.06. The van der Waals surface area contributed by atoms with Crippen LogP contribution in [-0.2, 0) is 16.0 Å². The second-order valence-electron chi connectivity index (χ2n) is 7.65. The number of amides is 1. The second-order valence-corrected chi connectivity index (χ2v) is 7.65. The molecule has 1 aromatic carbocycles. The van der Waals surface area contributed by atoms with Gasteiger partial charge >= 0.3 is 5.97 Å². The van der Waals surface area contributed by atoms with E-state index in [1.807, 2.05) is 11.1 Å². The number of hydrogen-bond acceptors (Lipinski definition) is 2. The number of rotatable bonds is 4. The van der Waals surface area contributed by atoms with Gasteiger partial charge in [-0.15, -0.1) is 0 Å². The molecule has 2 aliphatic rings. The SMILES string of the molecule is Cc1cccc2c(CCC(=O)N3CCC4(CC3)CC4C(=O)O)c[nH]c12. The predicted molar refractivity (Wildman–Crippen MR) is 95.3 cm³/mol. The van der Waals surface area contributed by atoms with Gasteiger partial charge in [0.15, 0.2) is 0 Å². The number of para-hydroxylation sites is 1. The quantitative estimate of drug-likeness (QED) is 0.898. The van der Waals surface area contributed by atoms with Crippen LogP contribution >= 0.6 is 0 Å². The molecule has 25 heavy (non-hydrogen) atoms. The van der Waals surface area contributed by atoms with Gasteiger partial charge in [-0.1, -0.05) is 18.2 Å². The maximum Gasteiger partial charge on any atom is 0.307 e. The maximum atomic E-state index is 12.5. The summed E-state index contributed by atoms with van der Waals surface area (Å²) in [6.45, 7) is 3.49. The highest BCUT2D eigenvalue weighted by molar-refractivity contribution is 5.86. The number of piperidine rings is 1. The summed E-state index contributed by atoms with van der Waals surface area (Å²) in [5, 5.41) is 10.4. The molecule has 1 aliphatic carbocycles. The van der Waals surface area contributed by atoms with E-state index in [0.717, 1.165) is 31.2 Å². The van der Waals surface area contributed by atoms with Crippen LogP contribution in [0.25, 0.3) is 10.9 Å². The van der Waals surface area contributed by atoms with E-state index in [1.165, 1.54) is 16.5 Å². The molecule has 2 heterocycles. The number of aryl methyl sites for hydroxylation is 2. The van der Waals surface area contributed by atoms with Gasteiger partial charge in [0.05, 0.1) is 5.92 Å². The molecule has 1 amide bonds. The van der Waals surface area contributed by atoms with Crippen molar-refractivity contribution < 1.29 is 14.7 Å². The van der Waals surface area contributed by atoms with Crippen LogP contribution in [0.1, 0.15) is 36.8 Å². The van der Waals surface area contributed by atoms with Crippen LogP contribution in [0.3, 0.4) is 0 Å². The lowest BCUT2D eigenvalue weighted by atomic mass is 9.90. The van der Waals surface area contributed by atoms with E-state index in [1.54, 1.807) is 0 Å². The third kappa shape index (κ3) is 2.81. The second kappa shape index (κ2) is 5.90. The minimum Gasteiger partial charge on any atom is -0.481 e. The highest BCUT2D eigenvalue weighted by atomic mass is 16.4. The Morgan fingerprint density at radius 1 is 1.32 bits per heavy atom. The normalized spacial score (nSPS) is 21.6. The largest absolute Gasteiger partial charge is 0.481 e. The van der Waals surface area contributed by atoms with Crippen molar-refractivity contribution in [2.45, 2.75) is 39.0 Å². The van der Waals surface area contributed by atoms with Gasteiger partial charge < -0.3 is 15.0 Å². The molecule has 132 valence electrons. The Bertz CT molecular complexity index is 831. The number of aromatic nitrogens is 1. The number of benzene rings is 1. The highest BCUT2D eigenvalue weighted by Crippen LogP contribution is 2.59. The van der Waals surface area contributed by atoms with Gasteiger partial charge in [0.2, 0.25) is 5.91 Å². The minimum atomic E-state index is -0.672. The summed E-state index contributed by atoms with van der Waals surface area (Å²) in [5.74, 6) is -0.669. The van der Waals surface area contributed by atoms with Gasteiger partial charge in [0, 0.05) is 36.6 Å². The first-order chi connectivity index (χ1) is 12.0. The highest BCUT2D eigenvalue weighted by Gasteiger charge is 2.59.